The monoisotopic (exact) mass is 240 g/mol. The van der Waals surface area contributed by atoms with Crippen molar-refractivity contribution in [3.05, 3.63) is 47.8 Å². The van der Waals surface area contributed by atoms with Gasteiger partial charge >= 0.3 is 0 Å². The van der Waals surface area contributed by atoms with Gasteiger partial charge in [-0.1, -0.05) is 18.2 Å². The minimum Gasteiger partial charge on any atom is -0.359 e. The number of H-pyrrole nitrogens is 1. The summed E-state index contributed by atoms with van der Waals surface area (Å²) in [4.78, 5) is 16.7. The fraction of sp³-hybridized carbons (Fsp3) is 0.267. The van der Waals surface area contributed by atoms with Gasteiger partial charge in [0.2, 0.25) is 5.91 Å². The molecule has 3 nitrogen and oxygen atoms in total. The van der Waals surface area contributed by atoms with Crippen LogP contribution < -0.4 is 0 Å². The number of aromatic amines is 1. The van der Waals surface area contributed by atoms with Gasteiger partial charge in [-0.25, -0.2) is 0 Å². The summed E-state index contributed by atoms with van der Waals surface area (Å²) < 4.78 is 0. The molecule has 18 heavy (non-hydrogen) atoms. The number of allylic oxidation sites excluding steroid dienone is 1. The van der Waals surface area contributed by atoms with Crippen molar-refractivity contribution in [2.75, 3.05) is 7.05 Å². The molecule has 0 radical (unpaired) electrons. The van der Waals surface area contributed by atoms with E-state index in [1.807, 2.05) is 6.20 Å². The second-order valence-corrected chi connectivity index (χ2v) is 4.96. The van der Waals surface area contributed by atoms with Gasteiger partial charge in [0.15, 0.2) is 0 Å². The van der Waals surface area contributed by atoms with Crippen LogP contribution in [0.4, 0.5) is 0 Å². The van der Waals surface area contributed by atoms with Crippen molar-refractivity contribution in [3.8, 4) is 0 Å². The number of hydrogen-bond acceptors (Lipinski definition) is 1. The smallest absolute Gasteiger partial charge is 0.227 e. The average molecular weight is 240 g/mol. The minimum atomic E-state index is 0.172. The van der Waals surface area contributed by atoms with Crippen LogP contribution in [0.5, 0.6) is 0 Å². The molecule has 1 unspecified atom stereocenters. The van der Waals surface area contributed by atoms with Gasteiger partial charge in [-0.15, -0.1) is 0 Å². The Bertz CT molecular complexity index is 639. The summed E-state index contributed by atoms with van der Waals surface area (Å²) >= 11 is 0. The molecule has 1 aliphatic rings. The van der Waals surface area contributed by atoms with Crippen molar-refractivity contribution in [1.82, 2.24) is 9.88 Å². The van der Waals surface area contributed by atoms with Gasteiger partial charge in [-0.3, -0.25) is 4.79 Å². The van der Waals surface area contributed by atoms with Crippen LogP contribution in [0.2, 0.25) is 0 Å². The normalized spacial score (nSPS) is 19.8. The first kappa shape index (κ1) is 11.1. The average Bonchev–Trinajstić information content (AvgIpc) is 2.71. The maximum atomic E-state index is 11.7. The lowest BCUT2D eigenvalue weighted by Crippen LogP contribution is -2.26. The molecule has 3 heteroatoms. The van der Waals surface area contributed by atoms with Crippen LogP contribution in [-0.2, 0) is 4.79 Å². The second kappa shape index (κ2) is 4.02. The molecule has 0 spiro atoms. The number of amides is 1. The number of fused-ring (bicyclic) bond motifs is 1. The number of hydrogen-bond donors (Lipinski definition) is 1. The van der Waals surface area contributed by atoms with Crippen LogP contribution in [0.25, 0.3) is 10.9 Å². The van der Waals surface area contributed by atoms with Crippen molar-refractivity contribution >= 4 is 16.8 Å². The van der Waals surface area contributed by atoms with E-state index in [0.717, 1.165) is 11.2 Å². The van der Waals surface area contributed by atoms with E-state index in [1.165, 1.54) is 10.9 Å². The van der Waals surface area contributed by atoms with E-state index in [9.17, 15) is 4.79 Å². The molecule has 1 amide bonds. The van der Waals surface area contributed by atoms with Gasteiger partial charge in [-0.05, 0) is 30.0 Å². The number of carbonyl (C=O) groups is 1. The number of carbonyl (C=O) groups excluding carboxylic acids is 1. The fourth-order valence-corrected chi connectivity index (χ4v) is 2.47. The molecule has 0 saturated heterocycles. The number of aromatic nitrogens is 1. The summed E-state index contributed by atoms with van der Waals surface area (Å²) in [6, 6.07) is 8.51. The van der Waals surface area contributed by atoms with Crippen LogP contribution in [0, 0.1) is 6.92 Å². The summed E-state index contributed by atoms with van der Waals surface area (Å²) in [6.07, 6.45) is 4.51. The number of nitrogens with zero attached hydrogens (tertiary/aromatic N) is 1. The Morgan fingerprint density at radius 2 is 2.17 bits per heavy atom. The van der Waals surface area contributed by atoms with Gasteiger partial charge in [-0.2, -0.15) is 0 Å². The Balaban J connectivity index is 1.99. The van der Waals surface area contributed by atoms with Crippen LogP contribution >= 0.6 is 0 Å². The van der Waals surface area contributed by atoms with Gasteiger partial charge < -0.3 is 9.88 Å². The van der Waals surface area contributed by atoms with Crippen LogP contribution in [0.3, 0.4) is 0 Å². The van der Waals surface area contributed by atoms with Crippen molar-refractivity contribution in [3.63, 3.8) is 0 Å². The quantitative estimate of drug-likeness (QED) is 0.817. The van der Waals surface area contributed by atoms with E-state index in [4.69, 9.17) is 0 Å². The Morgan fingerprint density at radius 3 is 2.94 bits per heavy atom. The first-order valence-corrected chi connectivity index (χ1v) is 6.17. The van der Waals surface area contributed by atoms with E-state index in [1.54, 1.807) is 11.9 Å². The molecule has 2 aromatic rings. The fourth-order valence-electron chi connectivity index (χ4n) is 2.47. The summed E-state index contributed by atoms with van der Waals surface area (Å²) in [7, 11) is 1.80. The highest BCUT2D eigenvalue weighted by Crippen LogP contribution is 2.28. The van der Waals surface area contributed by atoms with Crippen molar-refractivity contribution in [2.45, 2.75) is 19.3 Å². The SMILES string of the molecule is Cc1cc2ccc(C3C=CN(C)C(=O)C3)cc2[nH]1. The third kappa shape index (κ3) is 1.82. The van der Waals surface area contributed by atoms with Crippen molar-refractivity contribution < 1.29 is 4.79 Å². The standard InChI is InChI=1S/C15H16N2O/c1-10-7-13-4-3-11(8-14(13)16-10)12-5-6-17(2)15(18)9-12/h3-8,12,16H,9H2,1-2H3. The molecule has 1 aromatic heterocycles. The highest BCUT2D eigenvalue weighted by molar-refractivity contribution is 5.82. The molecule has 0 aliphatic carbocycles. The molecule has 1 atom stereocenters. The molecular weight excluding hydrogens is 224 g/mol. The van der Waals surface area contributed by atoms with E-state index in [-0.39, 0.29) is 11.8 Å². The van der Waals surface area contributed by atoms with Crippen molar-refractivity contribution in [2.24, 2.45) is 0 Å². The van der Waals surface area contributed by atoms with Crippen LogP contribution in [-0.4, -0.2) is 22.8 Å². The van der Waals surface area contributed by atoms with E-state index < -0.39 is 0 Å². The maximum Gasteiger partial charge on any atom is 0.227 e. The molecular formula is C15H16N2O. The number of rotatable bonds is 1. The summed E-state index contributed by atoms with van der Waals surface area (Å²) in [5.74, 6) is 0.368. The lowest BCUT2D eigenvalue weighted by molar-refractivity contribution is -0.128. The Kier molecular flexibility index (Phi) is 2.47. The Labute approximate surface area is 106 Å². The molecule has 92 valence electrons. The van der Waals surface area contributed by atoms with E-state index >= 15 is 0 Å². The summed E-state index contributed by atoms with van der Waals surface area (Å²) in [5.41, 5.74) is 3.50. The number of benzene rings is 1. The summed E-state index contributed by atoms with van der Waals surface area (Å²) in [6.45, 7) is 2.05. The molecule has 1 aliphatic heterocycles. The van der Waals surface area contributed by atoms with Gasteiger partial charge in [0.05, 0.1) is 0 Å². The van der Waals surface area contributed by atoms with Gasteiger partial charge in [0.25, 0.3) is 0 Å². The molecule has 0 bridgehead atoms. The topological polar surface area (TPSA) is 36.1 Å². The first-order chi connectivity index (χ1) is 8.63. The van der Waals surface area contributed by atoms with E-state index in [2.05, 4.69) is 42.2 Å². The van der Waals surface area contributed by atoms with Crippen LogP contribution in [0.15, 0.2) is 36.5 Å². The van der Waals surface area contributed by atoms with E-state index in [0.29, 0.717) is 6.42 Å². The molecule has 1 aromatic carbocycles. The number of aryl methyl sites for hydroxylation is 1. The van der Waals surface area contributed by atoms with Gasteiger partial charge in [0, 0.05) is 36.8 Å². The predicted molar refractivity (Wildman–Crippen MR) is 72.3 cm³/mol. The van der Waals surface area contributed by atoms with Gasteiger partial charge in [0.1, 0.15) is 0 Å². The summed E-state index contributed by atoms with van der Waals surface area (Å²) in [5, 5.41) is 1.22. The molecule has 0 saturated carbocycles. The van der Waals surface area contributed by atoms with Crippen molar-refractivity contribution in [1.29, 1.82) is 0 Å². The predicted octanol–water partition coefficient (Wildman–Crippen LogP) is 2.94. The van der Waals surface area contributed by atoms with Crippen LogP contribution in [0.1, 0.15) is 23.6 Å². The first-order valence-electron chi connectivity index (χ1n) is 6.17. The highest BCUT2D eigenvalue weighted by Gasteiger charge is 2.20. The zero-order chi connectivity index (χ0) is 12.7. The molecule has 1 N–H and O–H groups in total. The lowest BCUT2D eigenvalue weighted by Gasteiger charge is -2.22. The minimum absolute atomic E-state index is 0.172. The lowest BCUT2D eigenvalue weighted by atomic mass is 9.92. The third-order valence-electron chi connectivity index (χ3n) is 3.54. The largest absolute Gasteiger partial charge is 0.359 e. The molecule has 3 rings (SSSR count). The third-order valence-corrected chi connectivity index (χ3v) is 3.54. The zero-order valence-corrected chi connectivity index (χ0v) is 10.6. The number of nitrogens with one attached hydrogen (secondary N) is 1. The highest BCUT2D eigenvalue weighted by atomic mass is 16.2. The second-order valence-electron chi connectivity index (χ2n) is 4.96. The zero-order valence-electron chi connectivity index (χ0n) is 10.6. The Hall–Kier alpha value is -2.03. The Morgan fingerprint density at radius 1 is 1.33 bits per heavy atom. The maximum absolute atomic E-state index is 11.7. The molecule has 0 fully saturated rings. The molecule has 2 heterocycles.